The number of rotatable bonds is 2. The molecule has 0 radical (unpaired) electrons. The van der Waals surface area contributed by atoms with Gasteiger partial charge in [-0.3, -0.25) is 0 Å². The third-order valence-corrected chi connectivity index (χ3v) is 5.03. The van der Waals surface area contributed by atoms with E-state index in [-0.39, 0.29) is 10.8 Å². The van der Waals surface area contributed by atoms with Crippen molar-refractivity contribution in [2.45, 2.75) is 66.7 Å². The van der Waals surface area contributed by atoms with Crippen molar-refractivity contribution in [2.75, 3.05) is 0 Å². The fourth-order valence-corrected chi connectivity index (χ4v) is 3.10. The van der Waals surface area contributed by atoms with Crippen LogP contribution >= 0.6 is 0 Å². The summed E-state index contributed by atoms with van der Waals surface area (Å²) in [6.07, 6.45) is 2.18. The Labute approximate surface area is 150 Å². The quantitative estimate of drug-likeness (QED) is 0.602. The van der Waals surface area contributed by atoms with Gasteiger partial charge in [0, 0.05) is 18.6 Å². The molecule has 1 aromatic carbocycles. The van der Waals surface area contributed by atoms with Crippen LogP contribution in [-0.4, -0.2) is 0 Å². The molecule has 1 unspecified atom stereocenters. The van der Waals surface area contributed by atoms with E-state index < -0.39 is 5.89 Å². The number of aryl methyl sites for hydroxylation is 2. The van der Waals surface area contributed by atoms with E-state index in [2.05, 4.69) is 96.6 Å². The van der Waals surface area contributed by atoms with Gasteiger partial charge in [-0.1, -0.05) is 66.7 Å². The summed E-state index contributed by atoms with van der Waals surface area (Å²) in [4.78, 5) is 0. The van der Waals surface area contributed by atoms with E-state index in [1.54, 1.807) is 0 Å². The highest BCUT2D eigenvalue weighted by Gasteiger charge is 2.31. The van der Waals surface area contributed by atoms with Crippen molar-refractivity contribution in [3.05, 3.63) is 53.2 Å². The Bertz CT molecular complexity index is 774. The average Bonchev–Trinajstić information content (AvgIpc) is 2.45. The van der Waals surface area contributed by atoms with Crippen molar-refractivity contribution >= 4 is 0 Å². The zero-order valence-corrected chi connectivity index (χ0v) is 16.9. The lowest BCUT2D eigenvalue weighted by molar-refractivity contribution is -0.661. The van der Waals surface area contributed by atoms with Gasteiger partial charge in [0.15, 0.2) is 6.20 Å². The van der Waals surface area contributed by atoms with E-state index in [0.29, 0.717) is 0 Å². The van der Waals surface area contributed by atoms with Crippen LogP contribution in [0, 0.1) is 12.3 Å². The van der Waals surface area contributed by atoms with E-state index in [4.69, 9.17) is 1.37 Å². The van der Waals surface area contributed by atoms with Crippen molar-refractivity contribution in [2.24, 2.45) is 12.5 Å². The molecule has 1 heterocycles. The van der Waals surface area contributed by atoms with Crippen molar-refractivity contribution in [1.29, 1.82) is 0 Å². The fourth-order valence-electron chi connectivity index (χ4n) is 3.10. The van der Waals surface area contributed by atoms with Crippen LogP contribution in [0.5, 0.6) is 0 Å². The molecular formula is C23H34N+. The lowest BCUT2D eigenvalue weighted by atomic mass is 9.72. The first-order valence-corrected chi connectivity index (χ1v) is 8.87. The highest BCUT2D eigenvalue weighted by atomic mass is 14.9. The summed E-state index contributed by atoms with van der Waals surface area (Å²) < 4.78 is 11.3. The van der Waals surface area contributed by atoms with Crippen LogP contribution in [0.15, 0.2) is 36.5 Å². The topological polar surface area (TPSA) is 3.88 Å². The molecule has 1 heteroatoms. The van der Waals surface area contributed by atoms with Gasteiger partial charge in [-0.2, -0.15) is 0 Å². The Kier molecular flexibility index (Phi) is 4.55. The number of nitrogens with zero attached hydrogens (tertiary/aromatic N) is 1. The van der Waals surface area contributed by atoms with Crippen molar-refractivity contribution in [1.82, 2.24) is 0 Å². The predicted octanol–water partition coefficient (Wildman–Crippen LogP) is 5.93. The summed E-state index contributed by atoms with van der Waals surface area (Å²) in [5.41, 5.74) is 5.94. The first-order chi connectivity index (χ1) is 11.3. The van der Waals surface area contributed by atoms with Gasteiger partial charge in [0.05, 0.1) is 0 Å². The Hall–Kier alpha value is -1.63. The number of benzene rings is 1. The molecule has 130 valence electrons. The molecule has 1 atom stereocenters. The summed E-state index contributed by atoms with van der Waals surface area (Å²) in [6.45, 7) is 17.4. The maximum absolute atomic E-state index is 9.14. The molecule has 0 aliphatic carbocycles. The minimum atomic E-state index is -0.669. The molecule has 0 N–H and O–H groups in total. The number of hydrogen-bond acceptors (Lipinski definition) is 0. The first-order valence-electron chi connectivity index (χ1n) is 9.37. The molecular weight excluding hydrogens is 290 g/mol. The van der Waals surface area contributed by atoms with Crippen LogP contribution in [0.25, 0.3) is 11.3 Å². The second-order valence-electron chi connectivity index (χ2n) is 9.04. The minimum Gasteiger partial charge on any atom is -0.201 e. The SMILES string of the molecule is [2H]C(C)(c1c[n+](C)c(-c2ccccc2C)cc1C(C)(C)C)C(C)(C)C. The van der Waals surface area contributed by atoms with E-state index in [1.807, 2.05) is 6.92 Å². The van der Waals surface area contributed by atoms with Gasteiger partial charge in [-0.15, -0.1) is 0 Å². The van der Waals surface area contributed by atoms with Crippen molar-refractivity contribution in [3.63, 3.8) is 0 Å². The van der Waals surface area contributed by atoms with Gasteiger partial charge in [0.2, 0.25) is 5.69 Å². The standard InChI is InChI=1S/C23H34N/c1-16-12-10-11-13-18(16)21-14-20(23(6,7)8)19(15-24(21)9)17(2)22(3,4)5/h10-15,17H,1-9H3/q+1/i17D. The Balaban J connectivity index is 2.82. The van der Waals surface area contributed by atoms with Crippen LogP contribution < -0.4 is 4.57 Å². The Morgan fingerprint density at radius 3 is 2.12 bits per heavy atom. The van der Waals surface area contributed by atoms with Crippen LogP contribution in [0.2, 0.25) is 0 Å². The predicted molar refractivity (Wildman–Crippen MR) is 104 cm³/mol. The van der Waals surface area contributed by atoms with Crippen molar-refractivity contribution < 1.29 is 5.94 Å². The van der Waals surface area contributed by atoms with Crippen LogP contribution in [0.3, 0.4) is 0 Å². The second kappa shape index (κ2) is 6.35. The lowest BCUT2D eigenvalue weighted by Gasteiger charge is -2.32. The van der Waals surface area contributed by atoms with Crippen LogP contribution in [-0.2, 0) is 12.5 Å². The molecule has 0 saturated heterocycles. The third kappa shape index (κ3) is 3.71. The fraction of sp³-hybridized carbons (Fsp3) is 0.522. The molecule has 0 bridgehead atoms. The highest BCUT2D eigenvalue weighted by molar-refractivity contribution is 5.62. The van der Waals surface area contributed by atoms with Gasteiger partial charge < -0.3 is 0 Å². The van der Waals surface area contributed by atoms with Crippen molar-refractivity contribution in [3.8, 4) is 11.3 Å². The lowest BCUT2D eigenvalue weighted by Crippen LogP contribution is -2.35. The van der Waals surface area contributed by atoms with Gasteiger partial charge in [-0.05, 0) is 40.8 Å². The molecule has 2 rings (SSSR count). The molecule has 0 spiro atoms. The Morgan fingerprint density at radius 1 is 1.04 bits per heavy atom. The third-order valence-electron chi connectivity index (χ3n) is 5.03. The highest BCUT2D eigenvalue weighted by Crippen LogP contribution is 2.40. The summed E-state index contributed by atoms with van der Waals surface area (Å²) in [6, 6.07) is 10.8. The molecule has 1 aromatic heterocycles. The smallest absolute Gasteiger partial charge is 0.201 e. The molecule has 0 aliphatic rings. The second-order valence-corrected chi connectivity index (χ2v) is 9.04. The van der Waals surface area contributed by atoms with Gasteiger partial charge in [-0.25, -0.2) is 4.57 Å². The molecule has 0 fully saturated rings. The van der Waals surface area contributed by atoms with Gasteiger partial charge >= 0.3 is 0 Å². The first kappa shape index (κ1) is 17.2. The van der Waals surface area contributed by atoms with Crippen LogP contribution in [0.4, 0.5) is 0 Å². The summed E-state index contributed by atoms with van der Waals surface area (Å²) in [7, 11) is 2.09. The minimum absolute atomic E-state index is 0.0193. The summed E-state index contributed by atoms with van der Waals surface area (Å²) in [5, 5.41) is 0. The largest absolute Gasteiger partial charge is 0.212 e. The van der Waals surface area contributed by atoms with E-state index in [1.165, 1.54) is 22.4 Å². The van der Waals surface area contributed by atoms with Gasteiger partial charge in [0.25, 0.3) is 0 Å². The average molecular weight is 326 g/mol. The number of aromatic nitrogens is 1. The number of hydrogen-bond donors (Lipinski definition) is 0. The molecule has 2 aromatic rings. The van der Waals surface area contributed by atoms with Gasteiger partial charge in [0.1, 0.15) is 7.05 Å². The molecule has 0 aliphatic heterocycles. The zero-order chi connectivity index (χ0) is 19.2. The summed E-state index contributed by atoms with van der Waals surface area (Å²) in [5.74, 6) is -0.669. The zero-order valence-electron chi connectivity index (χ0n) is 17.9. The normalized spacial score (nSPS) is 15.8. The Morgan fingerprint density at radius 2 is 1.62 bits per heavy atom. The van der Waals surface area contributed by atoms with E-state index in [0.717, 1.165) is 5.56 Å². The molecule has 0 amide bonds. The molecule has 0 saturated carbocycles. The molecule has 1 nitrogen and oxygen atoms in total. The van der Waals surface area contributed by atoms with E-state index in [9.17, 15) is 0 Å². The maximum Gasteiger partial charge on any atom is 0.212 e. The maximum atomic E-state index is 9.14. The monoisotopic (exact) mass is 325 g/mol. The van der Waals surface area contributed by atoms with E-state index >= 15 is 0 Å². The summed E-state index contributed by atoms with van der Waals surface area (Å²) >= 11 is 0. The number of pyridine rings is 1. The molecule has 24 heavy (non-hydrogen) atoms. The van der Waals surface area contributed by atoms with Crippen LogP contribution in [0.1, 0.15) is 72.4 Å².